The largest absolute Gasteiger partial charge is 0.464 e. The maximum Gasteiger partial charge on any atom is 0.324 e. The van der Waals surface area contributed by atoms with E-state index in [-0.39, 0.29) is 54.4 Å². The number of esters is 1. The van der Waals surface area contributed by atoms with Gasteiger partial charge in [-0.25, -0.2) is 10.4 Å². The molecule has 8 heterocycles. The first-order chi connectivity index (χ1) is 34.8. The minimum atomic E-state index is -0.922. The highest BCUT2D eigenvalue weighted by molar-refractivity contribution is 7.10. The van der Waals surface area contributed by atoms with E-state index in [0.29, 0.717) is 43.7 Å². The number of ether oxygens (including phenoxy) is 2. The molecule has 2 N–H and O–H groups in total. The van der Waals surface area contributed by atoms with Gasteiger partial charge >= 0.3 is 5.97 Å². The zero-order chi connectivity index (χ0) is 50.1. The molecule has 0 radical (unpaired) electrons. The second-order valence-electron chi connectivity index (χ2n) is 23.1. The Hall–Kier alpha value is -4.74. The monoisotopic (exact) mass is 1000 g/mol. The Morgan fingerprint density at radius 2 is 1.81 bits per heavy atom. The molecule has 16 heteroatoms. The molecule has 7 aliphatic rings. The lowest BCUT2D eigenvalue weighted by atomic mass is 9.84. The number of likely N-dealkylation sites (N-methyl/N-ethyl adjacent to an activating group) is 1. The predicted molar refractivity (Wildman–Crippen MR) is 278 cm³/mol. The van der Waals surface area contributed by atoms with E-state index in [2.05, 4.69) is 87.3 Å². The van der Waals surface area contributed by atoms with Crippen molar-refractivity contribution in [2.45, 2.75) is 155 Å². The first-order valence-corrected chi connectivity index (χ1v) is 28.1. The van der Waals surface area contributed by atoms with Gasteiger partial charge in [-0.15, -0.1) is 11.3 Å². The second-order valence-corrected chi connectivity index (χ2v) is 24.0. The van der Waals surface area contributed by atoms with Gasteiger partial charge in [-0.1, -0.05) is 39.7 Å². The number of pyridine rings is 1. The van der Waals surface area contributed by atoms with Gasteiger partial charge < -0.3 is 24.3 Å². The maximum atomic E-state index is 15.2. The third kappa shape index (κ3) is 9.41. The van der Waals surface area contributed by atoms with Crippen molar-refractivity contribution >= 4 is 45.9 Å². The van der Waals surface area contributed by atoms with Crippen LogP contribution >= 0.6 is 11.3 Å². The average Bonchev–Trinajstić information content (AvgIpc) is 3.91. The Morgan fingerprint density at radius 3 is 2.57 bits per heavy atom. The average molecular weight is 1000 g/mol. The van der Waals surface area contributed by atoms with Crippen molar-refractivity contribution in [3.8, 4) is 22.5 Å². The Bertz CT molecular complexity index is 2710. The van der Waals surface area contributed by atoms with Crippen molar-refractivity contribution in [1.29, 1.82) is 0 Å². The van der Waals surface area contributed by atoms with Crippen LogP contribution in [0.25, 0.3) is 33.4 Å². The molecule has 4 saturated heterocycles. The van der Waals surface area contributed by atoms with E-state index in [4.69, 9.17) is 19.4 Å². The lowest BCUT2D eigenvalue weighted by molar-refractivity contribution is -0.155. The summed E-state index contributed by atoms with van der Waals surface area (Å²) in [6, 6.07) is 9.08. The highest BCUT2D eigenvalue weighted by Crippen LogP contribution is 2.49. The molecule has 11 rings (SSSR count). The number of nitrogens with zero attached hydrogens (tertiary/aromatic N) is 7. The minimum absolute atomic E-state index is 0.0356. The van der Waals surface area contributed by atoms with Gasteiger partial charge in [-0.2, -0.15) is 0 Å². The summed E-state index contributed by atoms with van der Waals surface area (Å²) in [6.07, 6.45) is 12.0. The number of rotatable bonds is 11. The normalized spacial score (nSPS) is 28.9. The Labute approximate surface area is 428 Å². The maximum absolute atomic E-state index is 15.2. The van der Waals surface area contributed by atoms with Gasteiger partial charge in [0.1, 0.15) is 18.1 Å². The van der Waals surface area contributed by atoms with E-state index < -0.39 is 23.5 Å². The van der Waals surface area contributed by atoms with Crippen molar-refractivity contribution in [2.75, 3.05) is 53.0 Å². The number of methoxy groups -OCH3 is 1. The zero-order valence-electron chi connectivity index (χ0n) is 43.3. The summed E-state index contributed by atoms with van der Waals surface area (Å²) in [7, 11) is 1.71. The topological polar surface area (TPSA) is 154 Å². The molecule has 1 aromatic carbocycles. The summed E-state index contributed by atoms with van der Waals surface area (Å²) in [4.78, 5) is 75.2. The van der Waals surface area contributed by atoms with E-state index >= 15 is 4.79 Å². The molecule has 8 atom stereocenters. The highest BCUT2D eigenvalue weighted by atomic mass is 32.1. The van der Waals surface area contributed by atoms with Crippen LogP contribution in [-0.4, -0.2) is 141 Å². The van der Waals surface area contributed by atoms with Crippen LogP contribution in [0.5, 0.6) is 0 Å². The Balaban J connectivity index is 0.899. The third-order valence-corrected chi connectivity index (χ3v) is 18.4. The van der Waals surface area contributed by atoms with E-state index in [9.17, 15) is 14.4 Å². The number of carbonyl (C=O) groups is 4. The fourth-order valence-corrected chi connectivity index (χ4v) is 14.4. The molecule has 6 fully saturated rings. The lowest BCUT2D eigenvalue weighted by Gasteiger charge is -2.37. The zero-order valence-corrected chi connectivity index (χ0v) is 44.1. The Kier molecular flexibility index (Phi) is 13.6. The smallest absolute Gasteiger partial charge is 0.324 e. The first kappa shape index (κ1) is 49.5. The first-order valence-electron chi connectivity index (χ1n) is 27.2. The number of amides is 3. The summed E-state index contributed by atoms with van der Waals surface area (Å²) in [5, 5.41) is 8.79. The summed E-state index contributed by atoms with van der Waals surface area (Å²) in [5.74, 6) is 0.366. The van der Waals surface area contributed by atoms with E-state index in [1.54, 1.807) is 12.1 Å². The molecule has 1 spiro atoms. The van der Waals surface area contributed by atoms with E-state index in [0.717, 1.165) is 127 Å². The van der Waals surface area contributed by atoms with Crippen LogP contribution in [-0.2, 0) is 48.0 Å². The molecule has 4 aromatic rings. The van der Waals surface area contributed by atoms with Gasteiger partial charge in [0.15, 0.2) is 0 Å². The van der Waals surface area contributed by atoms with Crippen LogP contribution < -0.4 is 10.7 Å². The van der Waals surface area contributed by atoms with E-state index in [1.165, 1.54) is 24.2 Å². The summed E-state index contributed by atoms with van der Waals surface area (Å²) < 4.78 is 14.4. The SMILES string of the molecule is CCN1[C@H](C2CC2)[C@@H]1C(=O)N1CC[C@]2(CCN([C@H](C(=O)N[C@H]3Cc4nc(cs4)-c4ccc5c(c4)c(c(-c4cccnc4[C@H](C)OC)n5CC)CC(C)(C)COC(=O)[C@@H]4CCCN(N4)C3=O)C3CCCC3)C2)C1. The Morgan fingerprint density at radius 1 is 1.00 bits per heavy atom. The van der Waals surface area contributed by atoms with Crippen LogP contribution in [0.15, 0.2) is 41.9 Å². The highest BCUT2D eigenvalue weighted by Gasteiger charge is 2.60. The number of fused-ring (bicyclic) bond motifs is 6. The molecule has 2 saturated carbocycles. The molecule has 5 aliphatic heterocycles. The number of likely N-dealkylation sites (tertiary alicyclic amines) is 2. The number of benzene rings is 1. The minimum Gasteiger partial charge on any atom is -0.464 e. The molecule has 72 heavy (non-hydrogen) atoms. The second kappa shape index (κ2) is 19.8. The van der Waals surface area contributed by atoms with Crippen LogP contribution in [0, 0.1) is 22.7 Å². The van der Waals surface area contributed by atoms with Gasteiger partial charge in [0, 0.05) is 96.7 Å². The molecular weight excluding hydrogens is 927 g/mol. The van der Waals surface area contributed by atoms with Crippen LogP contribution in [0.3, 0.4) is 0 Å². The van der Waals surface area contributed by atoms with E-state index in [1.807, 2.05) is 19.2 Å². The standard InChI is InChI=1S/C56H75N9O6S/c1-7-63-44-20-19-37-27-39(44)40(49(63)38-15-11-23-57-46(38)34(3)70-6)29-55(4,5)33-71-54(69)41-16-12-24-65(60-41)52(67)42(28-45-58-43(37)30-72-45)59-51(66)48(35-13-9-10-14-35)61-25-21-56(31-61)22-26-62(32-56)53(68)50-47(36-17-18-36)64(50)8-2/h11,15,19-20,23,27,30,34-36,41-42,47-48,50,60H,7-10,12-14,16-18,21-22,24-26,28-29,31-33H2,1-6H3,(H,59,66)/t34-,41-,42-,47+,48-,50+,56-,64?/m0/s1. The molecule has 386 valence electrons. The predicted octanol–water partition coefficient (Wildman–Crippen LogP) is 7.17. The van der Waals surface area contributed by atoms with Crippen LogP contribution in [0.1, 0.15) is 121 Å². The number of nitrogens with one attached hydrogen (secondary N) is 2. The molecule has 3 amide bonds. The van der Waals surface area contributed by atoms with Crippen molar-refractivity contribution < 1.29 is 28.7 Å². The van der Waals surface area contributed by atoms with Gasteiger partial charge in [0.2, 0.25) is 11.8 Å². The lowest BCUT2D eigenvalue weighted by Crippen LogP contribution is -2.62. The van der Waals surface area contributed by atoms with Gasteiger partial charge in [-0.05, 0) is 126 Å². The number of hydrogen-bond acceptors (Lipinski definition) is 12. The number of cyclic esters (lactones) is 1. The number of carbonyl (C=O) groups excluding carboxylic acids is 4. The molecular formula is C56H75N9O6S. The summed E-state index contributed by atoms with van der Waals surface area (Å²) >= 11 is 1.50. The summed E-state index contributed by atoms with van der Waals surface area (Å²) in [5.41, 5.74) is 9.69. The van der Waals surface area contributed by atoms with Crippen molar-refractivity contribution in [3.05, 3.63) is 58.2 Å². The number of hydrazine groups is 1. The van der Waals surface area contributed by atoms with Gasteiger partial charge in [0.05, 0.1) is 40.8 Å². The van der Waals surface area contributed by atoms with Gasteiger partial charge in [-0.3, -0.25) is 39.0 Å². The molecule has 15 nitrogen and oxygen atoms in total. The van der Waals surface area contributed by atoms with Crippen molar-refractivity contribution in [2.24, 2.45) is 22.7 Å². The third-order valence-electron chi connectivity index (χ3n) is 17.6. The number of aromatic nitrogens is 3. The molecule has 6 bridgehead atoms. The van der Waals surface area contributed by atoms with Crippen LogP contribution in [0.4, 0.5) is 0 Å². The van der Waals surface area contributed by atoms with Gasteiger partial charge in [0.25, 0.3) is 5.91 Å². The quantitative estimate of drug-likeness (QED) is 0.116. The molecule has 1 unspecified atom stereocenters. The van der Waals surface area contributed by atoms with Crippen LogP contribution in [0.2, 0.25) is 0 Å². The number of hydrogen-bond donors (Lipinski definition) is 2. The molecule has 2 aliphatic carbocycles. The fraction of sp³-hybridized carbons (Fsp3) is 0.643. The van der Waals surface area contributed by atoms with Crippen molar-refractivity contribution in [1.82, 2.24) is 45.0 Å². The van der Waals surface area contributed by atoms with Crippen molar-refractivity contribution in [3.63, 3.8) is 0 Å². The number of thiazole rings is 1. The molecule has 3 aromatic heterocycles. The fourth-order valence-electron chi connectivity index (χ4n) is 13.6. The summed E-state index contributed by atoms with van der Waals surface area (Å²) in [6.45, 7) is 15.9. The number of aryl methyl sites for hydroxylation is 1.